The fourth-order valence-corrected chi connectivity index (χ4v) is 3.07. The van der Waals surface area contributed by atoms with Gasteiger partial charge in [-0.25, -0.2) is 0 Å². The molecular weight excluding hydrogens is 262 g/mol. The van der Waals surface area contributed by atoms with E-state index in [0.717, 1.165) is 36.7 Å². The molecule has 100 valence electrons. The molecule has 0 aliphatic heterocycles. The lowest BCUT2D eigenvalue weighted by molar-refractivity contribution is 0.0883. The monoisotopic (exact) mass is 277 g/mol. The molecule has 0 atom stereocenters. The van der Waals surface area contributed by atoms with E-state index in [1.54, 1.807) is 6.07 Å². The van der Waals surface area contributed by atoms with E-state index in [1.165, 1.54) is 0 Å². The molecule has 1 heterocycles. The Bertz CT molecular complexity index is 566. The van der Waals surface area contributed by atoms with Gasteiger partial charge in [-0.2, -0.15) is 0 Å². The Kier molecular flexibility index (Phi) is 3.23. The van der Waals surface area contributed by atoms with E-state index >= 15 is 0 Å². The summed E-state index contributed by atoms with van der Waals surface area (Å²) in [4.78, 5) is 12.3. The minimum Gasteiger partial charge on any atom is -0.451 e. The maximum atomic E-state index is 12.3. The third-order valence-electron chi connectivity index (χ3n) is 3.84. The van der Waals surface area contributed by atoms with Gasteiger partial charge in [-0.15, -0.1) is 11.6 Å². The SMILES string of the molecule is O=C(NC1(CCl)CCCC1)c1cc2ccccc2o1. The molecule has 1 aromatic heterocycles. The summed E-state index contributed by atoms with van der Waals surface area (Å²) in [5.74, 6) is 0.648. The van der Waals surface area contributed by atoms with Crippen molar-refractivity contribution in [1.29, 1.82) is 0 Å². The fraction of sp³-hybridized carbons (Fsp3) is 0.400. The molecule has 3 nitrogen and oxygen atoms in total. The van der Waals surface area contributed by atoms with E-state index in [1.807, 2.05) is 24.3 Å². The number of para-hydroxylation sites is 1. The highest BCUT2D eigenvalue weighted by atomic mass is 35.5. The van der Waals surface area contributed by atoms with Crippen LogP contribution in [0.25, 0.3) is 11.0 Å². The van der Waals surface area contributed by atoms with Crippen molar-refractivity contribution in [3.63, 3.8) is 0 Å². The van der Waals surface area contributed by atoms with Crippen LogP contribution in [0.15, 0.2) is 34.7 Å². The summed E-state index contributed by atoms with van der Waals surface area (Å²) < 4.78 is 5.57. The molecule has 1 aliphatic carbocycles. The molecule has 0 radical (unpaired) electrons. The number of nitrogens with one attached hydrogen (secondary N) is 1. The van der Waals surface area contributed by atoms with Crippen LogP contribution in [0, 0.1) is 0 Å². The van der Waals surface area contributed by atoms with Crippen LogP contribution in [0.1, 0.15) is 36.2 Å². The molecule has 1 saturated carbocycles. The Morgan fingerprint density at radius 1 is 1.32 bits per heavy atom. The Hall–Kier alpha value is -1.48. The number of alkyl halides is 1. The topological polar surface area (TPSA) is 42.2 Å². The molecule has 3 rings (SSSR count). The fourth-order valence-electron chi connectivity index (χ4n) is 2.74. The zero-order valence-corrected chi connectivity index (χ0v) is 11.4. The zero-order valence-electron chi connectivity index (χ0n) is 10.6. The molecule has 1 fully saturated rings. The van der Waals surface area contributed by atoms with Gasteiger partial charge in [0.1, 0.15) is 5.58 Å². The molecule has 1 N–H and O–H groups in total. The second kappa shape index (κ2) is 4.89. The number of furan rings is 1. The third-order valence-corrected chi connectivity index (χ3v) is 4.36. The molecule has 19 heavy (non-hydrogen) atoms. The summed E-state index contributed by atoms with van der Waals surface area (Å²) in [6.07, 6.45) is 4.13. The van der Waals surface area contributed by atoms with Gasteiger partial charge in [-0.05, 0) is 25.0 Å². The highest BCUT2D eigenvalue weighted by Gasteiger charge is 2.35. The van der Waals surface area contributed by atoms with Crippen molar-refractivity contribution in [2.75, 3.05) is 5.88 Å². The summed E-state index contributed by atoms with van der Waals surface area (Å²) in [6.45, 7) is 0. The molecule has 1 aliphatic rings. The van der Waals surface area contributed by atoms with E-state index in [4.69, 9.17) is 16.0 Å². The number of fused-ring (bicyclic) bond motifs is 1. The summed E-state index contributed by atoms with van der Waals surface area (Å²) >= 11 is 6.03. The van der Waals surface area contributed by atoms with Crippen molar-refractivity contribution in [2.24, 2.45) is 0 Å². The van der Waals surface area contributed by atoms with Gasteiger partial charge in [0.05, 0.1) is 5.54 Å². The summed E-state index contributed by atoms with van der Waals surface area (Å²) in [5, 5.41) is 4.00. The Morgan fingerprint density at radius 2 is 2.05 bits per heavy atom. The average molecular weight is 278 g/mol. The van der Waals surface area contributed by atoms with Gasteiger partial charge in [0.25, 0.3) is 5.91 Å². The van der Waals surface area contributed by atoms with Crippen molar-refractivity contribution in [3.05, 3.63) is 36.1 Å². The number of rotatable bonds is 3. The van der Waals surface area contributed by atoms with E-state index in [0.29, 0.717) is 11.6 Å². The van der Waals surface area contributed by atoms with Gasteiger partial charge in [-0.1, -0.05) is 31.0 Å². The predicted octanol–water partition coefficient (Wildman–Crippen LogP) is 3.71. The van der Waals surface area contributed by atoms with Crippen LogP contribution < -0.4 is 5.32 Å². The van der Waals surface area contributed by atoms with Crippen molar-refractivity contribution in [3.8, 4) is 0 Å². The first-order chi connectivity index (χ1) is 9.22. The average Bonchev–Trinajstić information content (AvgIpc) is 3.05. The van der Waals surface area contributed by atoms with Crippen LogP contribution in [0.2, 0.25) is 0 Å². The van der Waals surface area contributed by atoms with Crippen LogP contribution in [-0.4, -0.2) is 17.3 Å². The Labute approximate surface area is 116 Å². The maximum absolute atomic E-state index is 12.3. The molecule has 0 bridgehead atoms. The highest BCUT2D eigenvalue weighted by Crippen LogP contribution is 2.31. The summed E-state index contributed by atoms with van der Waals surface area (Å²) in [5.41, 5.74) is 0.483. The molecular formula is C15H16ClNO2. The number of hydrogen-bond donors (Lipinski definition) is 1. The number of benzene rings is 1. The van der Waals surface area contributed by atoms with Crippen molar-refractivity contribution < 1.29 is 9.21 Å². The molecule has 2 aromatic rings. The molecule has 0 unspecified atom stereocenters. The van der Waals surface area contributed by atoms with Gasteiger partial charge in [0, 0.05) is 11.3 Å². The van der Waals surface area contributed by atoms with E-state index < -0.39 is 0 Å². The van der Waals surface area contributed by atoms with Gasteiger partial charge < -0.3 is 9.73 Å². The third kappa shape index (κ3) is 2.35. The van der Waals surface area contributed by atoms with Crippen LogP contribution in [0.3, 0.4) is 0 Å². The zero-order chi connectivity index (χ0) is 13.3. The standard InChI is InChI=1S/C15H16ClNO2/c16-10-15(7-3-4-8-15)17-14(18)13-9-11-5-1-2-6-12(11)19-13/h1-2,5-6,9H,3-4,7-8,10H2,(H,17,18). The van der Waals surface area contributed by atoms with Crippen LogP contribution in [0.5, 0.6) is 0 Å². The molecule has 0 saturated heterocycles. The molecule has 1 amide bonds. The van der Waals surface area contributed by atoms with E-state index in [9.17, 15) is 4.79 Å². The van der Waals surface area contributed by atoms with Crippen molar-refractivity contribution >= 4 is 28.5 Å². The number of carbonyl (C=O) groups is 1. The number of halogens is 1. The number of amides is 1. The van der Waals surface area contributed by atoms with Crippen LogP contribution in [0.4, 0.5) is 0 Å². The number of hydrogen-bond acceptors (Lipinski definition) is 2. The van der Waals surface area contributed by atoms with Gasteiger partial charge in [0.2, 0.25) is 0 Å². The maximum Gasteiger partial charge on any atom is 0.287 e. The molecule has 4 heteroatoms. The first kappa shape index (κ1) is 12.5. The first-order valence-electron chi connectivity index (χ1n) is 6.59. The van der Waals surface area contributed by atoms with Crippen molar-refractivity contribution in [1.82, 2.24) is 5.32 Å². The minimum absolute atomic E-state index is 0.168. The van der Waals surface area contributed by atoms with Crippen LogP contribution in [-0.2, 0) is 0 Å². The summed E-state index contributed by atoms with van der Waals surface area (Å²) in [7, 11) is 0. The lowest BCUT2D eigenvalue weighted by Gasteiger charge is -2.27. The second-order valence-electron chi connectivity index (χ2n) is 5.22. The number of carbonyl (C=O) groups excluding carboxylic acids is 1. The smallest absolute Gasteiger partial charge is 0.287 e. The largest absolute Gasteiger partial charge is 0.451 e. The van der Waals surface area contributed by atoms with Crippen LogP contribution >= 0.6 is 11.6 Å². The molecule has 0 spiro atoms. The quantitative estimate of drug-likeness (QED) is 0.869. The normalized spacial score (nSPS) is 17.7. The van der Waals surface area contributed by atoms with Gasteiger partial charge >= 0.3 is 0 Å². The highest BCUT2D eigenvalue weighted by molar-refractivity contribution is 6.19. The minimum atomic E-state index is -0.252. The van der Waals surface area contributed by atoms with E-state index in [2.05, 4.69) is 5.32 Å². The van der Waals surface area contributed by atoms with Gasteiger partial charge in [-0.3, -0.25) is 4.79 Å². The Balaban J connectivity index is 1.83. The lowest BCUT2D eigenvalue weighted by Crippen LogP contribution is -2.47. The first-order valence-corrected chi connectivity index (χ1v) is 7.13. The van der Waals surface area contributed by atoms with E-state index in [-0.39, 0.29) is 11.4 Å². The second-order valence-corrected chi connectivity index (χ2v) is 5.49. The van der Waals surface area contributed by atoms with Crippen molar-refractivity contribution in [2.45, 2.75) is 31.2 Å². The molecule has 1 aromatic carbocycles. The lowest BCUT2D eigenvalue weighted by atomic mass is 10.0. The predicted molar refractivity (Wildman–Crippen MR) is 75.6 cm³/mol. The summed E-state index contributed by atoms with van der Waals surface area (Å²) in [6, 6.07) is 9.39. The van der Waals surface area contributed by atoms with Gasteiger partial charge in [0.15, 0.2) is 5.76 Å². The Morgan fingerprint density at radius 3 is 2.74 bits per heavy atom.